The first kappa shape index (κ1) is 18.5. The van der Waals surface area contributed by atoms with Crippen molar-refractivity contribution in [1.82, 2.24) is 0 Å². The van der Waals surface area contributed by atoms with E-state index in [1.165, 1.54) is 5.57 Å². The van der Waals surface area contributed by atoms with E-state index in [0.717, 1.165) is 38.5 Å². The Hall–Kier alpha value is -0.910. The number of hydrogen-bond acceptors (Lipinski definition) is 4. The maximum atomic E-state index is 11.9. The molecule has 0 aromatic rings. The van der Waals surface area contributed by atoms with Crippen LogP contribution in [-0.2, 0) is 14.3 Å². The van der Waals surface area contributed by atoms with Gasteiger partial charge in [-0.3, -0.25) is 4.79 Å². The zero-order chi connectivity index (χ0) is 18.5. The van der Waals surface area contributed by atoms with Crippen molar-refractivity contribution in [3.8, 4) is 0 Å². The molecule has 6 atom stereocenters. The summed E-state index contributed by atoms with van der Waals surface area (Å²) in [5, 5.41) is 10.1. The molecule has 3 N–H and O–H groups in total. The van der Waals surface area contributed by atoms with Gasteiger partial charge in [0.05, 0.1) is 19.3 Å². The summed E-state index contributed by atoms with van der Waals surface area (Å²) in [6.45, 7) is 5.89. The lowest BCUT2D eigenvalue weighted by Gasteiger charge is -2.59. The Kier molecular flexibility index (Phi) is 4.69. The number of carbonyl (C=O) groups is 1. The van der Waals surface area contributed by atoms with Crippen LogP contribution in [0.4, 0.5) is 0 Å². The SMILES string of the molecule is C[C@]1(C2OCCO2)CCC2C(CC=C3C[C@@H](O)CC[C@@]32C)C1CC(N)=O. The molecule has 1 heterocycles. The smallest absolute Gasteiger partial charge is 0.217 e. The minimum atomic E-state index is -0.223. The molecule has 3 fully saturated rings. The molecule has 3 unspecified atom stereocenters. The topological polar surface area (TPSA) is 81.8 Å². The first-order valence-corrected chi connectivity index (χ1v) is 10.2. The third-order valence-corrected chi connectivity index (χ3v) is 8.10. The van der Waals surface area contributed by atoms with Gasteiger partial charge in [0, 0.05) is 11.8 Å². The largest absolute Gasteiger partial charge is 0.393 e. The van der Waals surface area contributed by atoms with E-state index >= 15 is 0 Å². The van der Waals surface area contributed by atoms with E-state index in [0.29, 0.717) is 31.5 Å². The van der Waals surface area contributed by atoms with Crippen LogP contribution in [0, 0.1) is 28.6 Å². The molecule has 0 radical (unpaired) electrons. The fourth-order valence-corrected chi connectivity index (χ4v) is 6.62. The van der Waals surface area contributed by atoms with Gasteiger partial charge in [-0.15, -0.1) is 0 Å². The standard InChI is InChI=1S/C21H33NO4/c1-20-7-5-14(23)11-13(20)3-4-15-16(20)6-8-21(2,17(15)12-18(22)24)19-25-9-10-26-19/h3,14-17,19,23H,4-12H2,1-2H3,(H2,22,24)/t14-,15?,16?,17?,20-,21-/m0/s1. The van der Waals surface area contributed by atoms with Gasteiger partial charge in [-0.1, -0.05) is 25.5 Å². The molecule has 26 heavy (non-hydrogen) atoms. The van der Waals surface area contributed by atoms with Crippen molar-refractivity contribution in [2.24, 2.45) is 34.3 Å². The van der Waals surface area contributed by atoms with E-state index in [9.17, 15) is 9.90 Å². The number of carbonyl (C=O) groups excluding carboxylic acids is 1. The van der Waals surface area contributed by atoms with Crippen LogP contribution in [-0.4, -0.2) is 36.6 Å². The van der Waals surface area contributed by atoms with E-state index in [1.807, 2.05) is 0 Å². The van der Waals surface area contributed by atoms with Crippen molar-refractivity contribution in [2.75, 3.05) is 13.2 Å². The minimum Gasteiger partial charge on any atom is -0.393 e. The quantitative estimate of drug-likeness (QED) is 0.756. The van der Waals surface area contributed by atoms with Gasteiger partial charge in [-0.05, 0) is 61.7 Å². The fraction of sp³-hybridized carbons (Fsp3) is 0.857. The number of fused-ring (bicyclic) bond motifs is 3. The molecular formula is C21H33NO4. The normalized spacial score (nSPS) is 46.3. The molecule has 0 bridgehead atoms. The molecule has 1 aliphatic heterocycles. The molecule has 5 heteroatoms. The fourth-order valence-electron chi connectivity index (χ4n) is 6.62. The average molecular weight is 363 g/mol. The Morgan fingerprint density at radius 1 is 1.27 bits per heavy atom. The van der Waals surface area contributed by atoms with Crippen LogP contribution < -0.4 is 5.73 Å². The number of ether oxygens (including phenoxy) is 2. The number of amides is 1. The summed E-state index contributed by atoms with van der Waals surface area (Å²) < 4.78 is 11.8. The minimum absolute atomic E-state index is 0.150. The number of hydrogen-bond donors (Lipinski definition) is 2. The van der Waals surface area contributed by atoms with E-state index in [2.05, 4.69) is 19.9 Å². The molecule has 0 spiro atoms. The molecule has 2 saturated carbocycles. The molecule has 0 aromatic carbocycles. The van der Waals surface area contributed by atoms with Gasteiger partial charge < -0.3 is 20.3 Å². The van der Waals surface area contributed by atoms with Gasteiger partial charge in [0.25, 0.3) is 0 Å². The third-order valence-electron chi connectivity index (χ3n) is 8.10. The zero-order valence-electron chi connectivity index (χ0n) is 16.1. The summed E-state index contributed by atoms with van der Waals surface area (Å²) >= 11 is 0. The second-order valence-corrected chi connectivity index (χ2v) is 9.44. The number of aliphatic hydroxyl groups is 1. The average Bonchev–Trinajstić information content (AvgIpc) is 3.13. The van der Waals surface area contributed by atoms with Crippen LogP contribution >= 0.6 is 0 Å². The monoisotopic (exact) mass is 363 g/mol. The van der Waals surface area contributed by atoms with Crippen LogP contribution in [0.2, 0.25) is 0 Å². The predicted molar refractivity (Wildman–Crippen MR) is 98.0 cm³/mol. The van der Waals surface area contributed by atoms with Gasteiger partial charge in [-0.2, -0.15) is 0 Å². The molecule has 3 aliphatic carbocycles. The highest BCUT2D eigenvalue weighted by Crippen LogP contribution is 2.62. The molecule has 5 nitrogen and oxygen atoms in total. The highest BCUT2D eigenvalue weighted by atomic mass is 16.7. The highest BCUT2D eigenvalue weighted by molar-refractivity contribution is 5.74. The number of allylic oxidation sites excluding steroid dienone is 1. The summed E-state index contributed by atoms with van der Waals surface area (Å²) in [4.78, 5) is 11.9. The third kappa shape index (κ3) is 2.83. The van der Waals surface area contributed by atoms with Crippen molar-refractivity contribution < 1.29 is 19.4 Å². The first-order chi connectivity index (χ1) is 12.3. The maximum Gasteiger partial charge on any atom is 0.217 e. The summed E-state index contributed by atoms with van der Waals surface area (Å²) in [7, 11) is 0. The van der Waals surface area contributed by atoms with E-state index in [1.54, 1.807) is 0 Å². The van der Waals surface area contributed by atoms with E-state index in [4.69, 9.17) is 15.2 Å². The molecule has 1 saturated heterocycles. The summed E-state index contributed by atoms with van der Waals surface area (Å²) in [5.74, 6) is 0.939. The first-order valence-electron chi connectivity index (χ1n) is 10.2. The van der Waals surface area contributed by atoms with Gasteiger partial charge in [0.15, 0.2) is 6.29 Å². The van der Waals surface area contributed by atoms with Gasteiger partial charge >= 0.3 is 0 Å². The van der Waals surface area contributed by atoms with E-state index in [-0.39, 0.29) is 35.0 Å². The number of nitrogens with two attached hydrogens (primary N) is 1. The molecular weight excluding hydrogens is 330 g/mol. The zero-order valence-corrected chi connectivity index (χ0v) is 16.1. The second-order valence-electron chi connectivity index (χ2n) is 9.44. The molecule has 1 amide bonds. The number of rotatable bonds is 3. The van der Waals surface area contributed by atoms with Crippen molar-refractivity contribution in [2.45, 2.75) is 71.2 Å². The Morgan fingerprint density at radius 3 is 2.69 bits per heavy atom. The summed E-state index contributed by atoms with van der Waals surface area (Å²) in [5.41, 5.74) is 7.10. The Bertz CT molecular complexity index is 599. The van der Waals surface area contributed by atoms with Crippen molar-refractivity contribution in [3.05, 3.63) is 11.6 Å². The van der Waals surface area contributed by atoms with Gasteiger partial charge in [0.1, 0.15) is 0 Å². The molecule has 146 valence electrons. The van der Waals surface area contributed by atoms with Crippen LogP contribution in [0.1, 0.15) is 58.8 Å². The second kappa shape index (κ2) is 6.61. The Labute approximate surface area is 156 Å². The Morgan fingerprint density at radius 2 is 2.00 bits per heavy atom. The molecule has 0 aromatic heterocycles. The Balaban J connectivity index is 1.67. The lowest BCUT2D eigenvalue weighted by atomic mass is 9.47. The number of primary amides is 1. The molecule has 4 rings (SSSR count). The van der Waals surface area contributed by atoms with E-state index < -0.39 is 0 Å². The molecule has 4 aliphatic rings. The predicted octanol–water partition coefficient (Wildman–Crippen LogP) is 2.76. The lowest BCUT2D eigenvalue weighted by molar-refractivity contribution is -0.189. The van der Waals surface area contributed by atoms with Gasteiger partial charge in [0.2, 0.25) is 5.91 Å². The van der Waals surface area contributed by atoms with Crippen LogP contribution in [0.3, 0.4) is 0 Å². The summed E-state index contributed by atoms with van der Waals surface area (Å²) in [6.07, 6.45) is 8.19. The van der Waals surface area contributed by atoms with Crippen LogP contribution in [0.25, 0.3) is 0 Å². The van der Waals surface area contributed by atoms with Crippen molar-refractivity contribution >= 4 is 5.91 Å². The van der Waals surface area contributed by atoms with Crippen LogP contribution in [0.5, 0.6) is 0 Å². The number of aliphatic hydroxyl groups excluding tert-OH is 1. The van der Waals surface area contributed by atoms with Crippen molar-refractivity contribution in [3.63, 3.8) is 0 Å². The lowest BCUT2D eigenvalue weighted by Crippen LogP contribution is -2.54. The highest BCUT2D eigenvalue weighted by Gasteiger charge is 2.57. The maximum absolute atomic E-state index is 11.9. The van der Waals surface area contributed by atoms with Gasteiger partial charge in [-0.25, -0.2) is 0 Å². The van der Waals surface area contributed by atoms with Crippen molar-refractivity contribution in [1.29, 1.82) is 0 Å². The van der Waals surface area contributed by atoms with Crippen LogP contribution in [0.15, 0.2) is 11.6 Å². The summed E-state index contributed by atoms with van der Waals surface area (Å²) in [6, 6.07) is 0.